The highest BCUT2D eigenvalue weighted by molar-refractivity contribution is 5.97. The molecule has 0 spiro atoms. The Bertz CT molecular complexity index is 856. The molecule has 0 aliphatic carbocycles. The second kappa shape index (κ2) is 10.5. The number of benzene rings is 1. The fourth-order valence-electron chi connectivity index (χ4n) is 2.88. The summed E-state index contributed by atoms with van der Waals surface area (Å²) in [6.45, 7) is 7.17. The van der Waals surface area contributed by atoms with Gasteiger partial charge in [0.1, 0.15) is 24.0 Å². The van der Waals surface area contributed by atoms with Crippen LogP contribution in [0.1, 0.15) is 38.2 Å². The van der Waals surface area contributed by atoms with Gasteiger partial charge in [0.15, 0.2) is 17.2 Å². The molecule has 2 aromatic rings. The monoisotopic (exact) mass is 416 g/mol. The van der Waals surface area contributed by atoms with Gasteiger partial charge in [-0.1, -0.05) is 32.0 Å². The van der Waals surface area contributed by atoms with E-state index >= 15 is 0 Å². The number of aromatic nitrogens is 1. The number of hydrogen-bond acceptors (Lipinski definition) is 7. The van der Waals surface area contributed by atoms with Gasteiger partial charge in [0.05, 0.1) is 7.11 Å². The summed E-state index contributed by atoms with van der Waals surface area (Å²) < 4.78 is 16.5. The van der Waals surface area contributed by atoms with Crippen LogP contribution in [-0.2, 0) is 9.53 Å². The normalized spacial score (nSPS) is 13.8. The van der Waals surface area contributed by atoms with Crippen molar-refractivity contribution < 1.29 is 28.9 Å². The van der Waals surface area contributed by atoms with Gasteiger partial charge in [-0.25, -0.2) is 9.78 Å². The topological polar surface area (TPSA) is 107 Å². The molecule has 0 radical (unpaired) electrons. The Morgan fingerprint density at radius 1 is 1.07 bits per heavy atom. The summed E-state index contributed by atoms with van der Waals surface area (Å²) in [5.41, 5.74) is -0.241. The van der Waals surface area contributed by atoms with Crippen LogP contribution in [0, 0.1) is 5.92 Å². The summed E-state index contributed by atoms with van der Waals surface area (Å²) in [6, 6.07) is 9.71. The Hall–Kier alpha value is -3.29. The van der Waals surface area contributed by atoms with E-state index in [-0.39, 0.29) is 17.4 Å². The van der Waals surface area contributed by atoms with E-state index in [2.05, 4.69) is 10.3 Å². The summed E-state index contributed by atoms with van der Waals surface area (Å²) in [4.78, 5) is 28.9. The number of methoxy groups -OCH3 is 1. The van der Waals surface area contributed by atoms with Crippen molar-refractivity contribution >= 4 is 11.9 Å². The lowest BCUT2D eigenvalue weighted by Crippen LogP contribution is -2.45. The highest BCUT2D eigenvalue weighted by Crippen LogP contribution is 2.27. The second-order valence-electron chi connectivity index (χ2n) is 7.19. The maximum atomic E-state index is 12.6. The van der Waals surface area contributed by atoms with Crippen molar-refractivity contribution in [2.45, 2.75) is 45.9 Å². The minimum atomic E-state index is -0.963. The number of para-hydroxylation sites is 1. The molecule has 2 rings (SSSR count). The summed E-state index contributed by atoms with van der Waals surface area (Å²) in [6.07, 6.45) is 0.400. The molecule has 30 heavy (non-hydrogen) atoms. The number of carbonyl (C=O) groups excluding carboxylic acids is 2. The van der Waals surface area contributed by atoms with Gasteiger partial charge >= 0.3 is 5.97 Å². The van der Waals surface area contributed by atoms with Gasteiger partial charge in [-0.05, 0) is 31.9 Å². The van der Waals surface area contributed by atoms with E-state index < -0.39 is 35.9 Å². The van der Waals surface area contributed by atoms with Crippen LogP contribution in [-0.4, -0.2) is 47.3 Å². The van der Waals surface area contributed by atoms with Crippen molar-refractivity contribution in [2.24, 2.45) is 5.92 Å². The minimum absolute atomic E-state index is 0.0142. The number of carbonyl (C=O) groups is 2. The Balaban J connectivity index is 2.02. The number of esters is 1. The van der Waals surface area contributed by atoms with Crippen molar-refractivity contribution in [3.63, 3.8) is 0 Å². The van der Waals surface area contributed by atoms with E-state index in [4.69, 9.17) is 14.2 Å². The first kappa shape index (κ1) is 23.0. The average molecular weight is 416 g/mol. The first-order valence-electron chi connectivity index (χ1n) is 9.69. The van der Waals surface area contributed by atoms with E-state index in [1.807, 2.05) is 51.1 Å². The van der Waals surface area contributed by atoms with Crippen molar-refractivity contribution in [1.82, 2.24) is 10.3 Å². The number of nitrogens with one attached hydrogen (secondary N) is 1. The zero-order chi connectivity index (χ0) is 22.3. The largest absolute Gasteiger partial charge is 0.503 e. The zero-order valence-corrected chi connectivity index (χ0v) is 17.8. The van der Waals surface area contributed by atoms with Crippen LogP contribution in [0.25, 0.3) is 0 Å². The Morgan fingerprint density at radius 2 is 1.73 bits per heavy atom. The third-order valence-corrected chi connectivity index (χ3v) is 4.46. The van der Waals surface area contributed by atoms with Gasteiger partial charge in [-0.3, -0.25) is 4.79 Å². The van der Waals surface area contributed by atoms with Crippen LogP contribution in [0.5, 0.6) is 17.2 Å². The lowest BCUT2D eigenvalue weighted by molar-refractivity contribution is -0.158. The third-order valence-electron chi connectivity index (χ3n) is 4.46. The summed E-state index contributed by atoms with van der Waals surface area (Å²) in [7, 11) is 1.36. The molecule has 0 unspecified atom stereocenters. The van der Waals surface area contributed by atoms with Gasteiger partial charge in [-0.2, -0.15) is 0 Å². The lowest BCUT2D eigenvalue weighted by atomic mass is 10.0. The number of ether oxygens (including phenoxy) is 3. The Morgan fingerprint density at radius 3 is 2.33 bits per heavy atom. The van der Waals surface area contributed by atoms with Gasteiger partial charge in [0, 0.05) is 12.3 Å². The van der Waals surface area contributed by atoms with Gasteiger partial charge in [0.25, 0.3) is 5.91 Å². The molecule has 3 atom stereocenters. The summed E-state index contributed by atoms with van der Waals surface area (Å²) in [5, 5.41) is 12.5. The van der Waals surface area contributed by atoms with E-state index in [0.29, 0.717) is 5.75 Å². The lowest BCUT2D eigenvalue weighted by Gasteiger charge is -2.29. The fourth-order valence-corrected chi connectivity index (χ4v) is 2.88. The third kappa shape index (κ3) is 5.85. The van der Waals surface area contributed by atoms with Crippen LogP contribution < -0.4 is 14.8 Å². The summed E-state index contributed by atoms with van der Waals surface area (Å²) in [5.74, 6) is -0.967. The highest BCUT2D eigenvalue weighted by atomic mass is 16.6. The number of nitrogens with zero attached hydrogens (tertiary/aromatic N) is 1. The van der Waals surface area contributed by atoms with Crippen LogP contribution >= 0.6 is 0 Å². The Labute approximate surface area is 176 Å². The van der Waals surface area contributed by atoms with Crippen molar-refractivity contribution in [3.8, 4) is 17.2 Å². The van der Waals surface area contributed by atoms with Gasteiger partial charge < -0.3 is 24.6 Å². The standard InChI is InChI=1S/C22H28N2O6/c1-13(2)20(15(4)29-16-9-7-6-8-10-16)30-22(27)14(3)24-21(26)18-19(25)17(28-5)11-12-23-18/h6-15,20,25H,1-5H3,(H,24,26)/t14-,15+,20-/m0/s1. The van der Waals surface area contributed by atoms with Crippen molar-refractivity contribution in [2.75, 3.05) is 7.11 Å². The second-order valence-corrected chi connectivity index (χ2v) is 7.19. The zero-order valence-electron chi connectivity index (χ0n) is 17.8. The van der Waals surface area contributed by atoms with Crippen LogP contribution in [0.4, 0.5) is 0 Å². The van der Waals surface area contributed by atoms with Crippen LogP contribution in [0.2, 0.25) is 0 Å². The highest BCUT2D eigenvalue weighted by Gasteiger charge is 2.30. The Kier molecular flexibility index (Phi) is 8.03. The van der Waals surface area contributed by atoms with E-state index in [1.54, 1.807) is 0 Å². The maximum Gasteiger partial charge on any atom is 0.328 e. The predicted octanol–water partition coefficient (Wildman–Crippen LogP) is 2.95. The number of hydrogen-bond donors (Lipinski definition) is 2. The SMILES string of the molecule is COc1ccnc(C(=O)N[C@@H](C)C(=O)O[C@@H](C(C)C)[C@@H](C)Oc2ccccc2)c1O. The molecule has 0 aliphatic rings. The number of rotatable bonds is 9. The van der Waals surface area contributed by atoms with Crippen molar-refractivity contribution in [1.29, 1.82) is 0 Å². The average Bonchev–Trinajstić information content (AvgIpc) is 2.72. The molecule has 0 aliphatic heterocycles. The van der Waals surface area contributed by atoms with E-state index in [0.717, 1.165) is 0 Å². The molecular weight excluding hydrogens is 388 g/mol. The smallest absolute Gasteiger partial charge is 0.328 e. The molecule has 8 nitrogen and oxygen atoms in total. The first-order valence-corrected chi connectivity index (χ1v) is 9.69. The first-order chi connectivity index (χ1) is 14.2. The van der Waals surface area contributed by atoms with Crippen LogP contribution in [0.3, 0.4) is 0 Å². The number of amides is 1. The molecule has 0 saturated carbocycles. The number of aromatic hydroxyl groups is 1. The molecule has 8 heteroatoms. The molecule has 1 heterocycles. The molecule has 1 aromatic carbocycles. The fraction of sp³-hybridized carbons (Fsp3) is 0.409. The van der Waals surface area contributed by atoms with Gasteiger partial charge in [0.2, 0.25) is 0 Å². The molecule has 1 aromatic heterocycles. The maximum absolute atomic E-state index is 12.6. The molecule has 2 N–H and O–H groups in total. The summed E-state index contributed by atoms with van der Waals surface area (Å²) >= 11 is 0. The van der Waals surface area contributed by atoms with Crippen LogP contribution in [0.15, 0.2) is 42.6 Å². The van der Waals surface area contributed by atoms with Crippen molar-refractivity contribution in [3.05, 3.63) is 48.3 Å². The molecule has 0 bridgehead atoms. The number of pyridine rings is 1. The molecule has 162 valence electrons. The predicted molar refractivity (Wildman–Crippen MR) is 111 cm³/mol. The molecule has 0 saturated heterocycles. The van der Waals surface area contributed by atoms with Gasteiger partial charge in [-0.15, -0.1) is 0 Å². The quantitative estimate of drug-likeness (QED) is 0.605. The molecule has 1 amide bonds. The van der Waals surface area contributed by atoms with E-state index in [9.17, 15) is 14.7 Å². The molecule has 0 fully saturated rings. The molecular formula is C22H28N2O6. The van der Waals surface area contributed by atoms with E-state index in [1.165, 1.54) is 26.3 Å². The minimum Gasteiger partial charge on any atom is -0.503 e.